The molecule has 1 fully saturated rings. The van der Waals surface area contributed by atoms with Gasteiger partial charge in [0.2, 0.25) is 0 Å². The Morgan fingerprint density at radius 2 is 1.93 bits per heavy atom. The first-order valence-corrected chi connectivity index (χ1v) is 11.6. The summed E-state index contributed by atoms with van der Waals surface area (Å²) in [6, 6.07) is 8.19. The molecule has 0 spiro atoms. The van der Waals surface area contributed by atoms with E-state index in [2.05, 4.69) is 9.71 Å². The van der Waals surface area contributed by atoms with Gasteiger partial charge in [0.05, 0.1) is 22.3 Å². The van der Waals surface area contributed by atoms with Crippen LogP contribution < -0.4 is 10.2 Å². The average molecular weight is 450 g/mol. The SMILES string of the molecule is C[C@H](NC(=O)c1cc2c(cc1Cl)N1CCCCCC1=NS2(=O)=O)c1ccc(F)cc1. The monoisotopic (exact) mass is 449 g/mol. The lowest BCUT2D eigenvalue weighted by molar-refractivity contribution is 0.0940. The Bertz CT molecular complexity index is 1130. The lowest BCUT2D eigenvalue weighted by Gasteiger charge is -2.30. The maximum Gasteiger partial charge on any atom is 0.286 e. The number of anilines is 1. The van der Waals surface area contributed by atoms with Gasteiger partial charge in [-0.25, -0.2) is 4.39 Å². The molecule has 0 aromatic heterocycles. The molecule has 1 atom stereocenters. The zero-order chi connectivity index (χ0) is 21.5. The van der Waals surface area contributed by atoms with Gasteiger partial charge in [-0.05, 0) is 49.6 Å². The molecular weight excluding hydrogens is 429 g/mol. The number of fused-ring (bicyclic) bond motifs is 3. The zero-order valence-electron chi connectivity index (χ0n) is 16.4. The summed E-state index contributed by atoms with van der Waals surface area (Å²) in [6.45, 7) is 2.41. The average Bonchev–Trinajstić information content (AvgIpc) is 2.92. The van der Waals surface area contributed by atoms with E-state index in [1.165, 1.54) is 24.3 Å². The van der Waals surface area contributed by atoms with Gasteiger partial charge in [-0.2, -0.15) is 8.42 Å². The van der Waals surface area contributed by atoms with Crippen molar-refractivity contribution in [2.75, 3.05) is 11.4 Å². The molecule has 1 amide bonds. The summed E-state index contributed by atoms with van der Waals surface area (Å²) in [5.41, 5.74) is 1.24. The minimum atomic E-state index is -3.92. The lowest BCUT2D eigenvalue weighted by Crippen LogP contribution is -2.35. The van der Waals surface area contributed by atoms with Crippen LogP contribution in [0.2, 0.25) is 5.02 Å². The Balaban J connectivity index is 1.67. The van der Waals surface area contributed by atoms with Crippen molar-refractivity contribution in [3.8, 4) is 0 Å². The number of nitrogens with zero attached hydrogens (tertiary/aromatic N) is 2. The largest absolute Gasteiger partial charge is 0.345 e. The van der Waals surface area contributed by atoms with Crippen LogP contribution in [-0.4, -0.2) is 26.7 Å². The number of carbonyl (C=O) groups is 1. The number of carbonyl (C=O) groups excluding carboxylic acids is 1. The zero-order valence-corrected chi connectivity index (χ0v) is 17.9. The number of benzene rings is 2. The Hall–Kier alpha value is -2.45. The summed E-state index contributed by atoms with van der Waals surface area (Å²) in [5.74, 6) is -0.354. The second kappa shape index (κ2) is 8.00. The molecule has 9 heteroatoms. The van der Waals surface area contributed by atoms with Crippen molar-refractivity contribution in [2.24, 2.45) is 4.40 Å². The minimum Gasteiger partial charge on any atom is -0.345 e. The van der Waals surface area contributed by atoms with Crippen molar-refractivity contribution in [3.05, 3.63) is 58.4 Å². The molecule has 2 aromatic carbocycles. The van der Waals surface area contributed by atoms with Crippen molar-refractivity contribution in [2.45, 2.75) is 43.5 Å². The van der Waals surface area contributed by atoms with Gasteiger partial charge >= 0.3 is 0 Å². The van der Waals surface area contributed by atoms with Crippen LogP contribution in [0.15, 0.2) is 45.7 Å². The van der Waals surface area contributed by atoms with Gasteiger partial charge in [-0.1, -0.05) is 30.2 Å². The van der Waals surface area contributed by atoms with Gasteiger partial charge in [0.15, 0.2) is 0 Å². The molecule has 0 bridgehead atoms. The highest BCUT2D eigenvalue weighted by Crippen LogP contribution is 2.38. The first kappa shape index (κ1) is 20.8. The van der Waals surface area contributed by atoms with Crippen molar-refractivity contribution >= 4 is 39.1 Å². The molecule has 4 rings (SSSR count). The Labute approximate surface area is 179 Å². The number of nitrogens with one attached hydrogen (secondary N) is 1. The predicted molar refractivity (Wildman–Crippen MR) is 114 cm³/mol. The molecule has 0 unspecified atom stereocenters. The normalized spacial score (nSPS) is 18.5. The number of amidine groups is 1. The Morgan fingerprint density at radius 3 is 2.67 bits per heavy atom. The number of amides is 1. The van der Waals surface area contributed by atoms with Crippen molar-refractivity contribution in [3.63, 3.8) is 0 Å². The molecule has 0 aliphatic carbocycles. The standard InChI is InChI=1S/C21H21ClFN3O3S/c1-13(14-6-8-15(23)9-7-14)24-21(27)16-11-19-18(12-17(16)22)26-10-4-2-3-5-20(26)25-30(19,28)29/h6-9,11-13H,2-5,10H2,1H3,(H,24,27)/t13-/m0/s1. The second-order valence-corrected chi connectivity index (χ2v) is 9.47. The van der Waals surface area contributed by atoms with Gasteiger partial charge in [0, 0.05) is 13.0 Å². The molecule has 0 radical (unpaired) electrons. The maximum absolute atomic E-state index is 13.1. The lowest BCUT2D eigenvalue weighted by atomic mass is 10.1. The van der Waals surface area contributed by atoms with Gasteiger partial charge < -0.3 is 10.2 Å². The smallest absolute Gasteiger partial charge is 0.286 e. The van der Waals surface area contributed by atoms with Crippen LogP contribution in [0.3, 0.4) is 0 Å². The Morgan fingerprint density at radius 1 is 1.20 bits per heavy atom. The van der Waals surface area contributed by atoms with Gasteiger partial charge in [0.25, 0.3) is 15.9 Å². The van der Waals surface area contributed by atoms with Crippen molar-refractivity contribution in [1.82, 2.24) is 5.32 Å². The molecule has 2 aliphatic heterocycles. The molecule has 6 nitrogen and oxygen atoms in total. The van der Waals surface area contributed by atoms with E-state index in [1.54, 1.807) is 19.1 Å². The third kappa shape index (κ3) is 3.94. The molecule has 1 saturated heterocycles. The van der Waals surface area contributed by atoms with E-state index in [-0.39, 0.29) is 21.3 Å². The van der Waals surface area contributed by atoms with E-state index >= 15 is 0 Å². The fraction of sp³-hybridized carbons (Fsp3) is 0.333. The highest BCUT2D eigenvalue weighted by molar-refractivity contribution is 7.90. The number of sulfonamides is 1. The predicted octanol–water partition coefficient (Wildman–Crippen LogP) is 4.45. The fourth-order valence-corrected chi connectivity index (χ4v) is 5.29. The molecule has 0 saturated carbocycles. The number of rotatable bonds is 3. The van der Waals surface area contributed by atoms with Crippen LogP contribution in [0.1, 0.15) is 54.6 Å². The number of halogens is 2. The fourth-order valence-electron chi connectivity index (χ4n) is 3.78. The molecule has 2 aliphatic rings. The maximum atomic E-state index is 13.1. The number of hydrogen-bond donors (Lipinski definition) is 1. The highest BCUT2D eigenvalue weighted by atomic mass is 35.5. The highest BCUT2D eigenvalue weighted by Gasteiger charge is 2.33. The third-order valence-electron chi connectivity index (χ3n) is 5.40. The first-order valence-electron chi connectivity index (χ1n) is 9.77. The summed E-state index contributed by atoms with van der Waals surface area (Å²) < 4.78 is 42.7. The van der Waals surface area contributed by atoms with E-state index in [9.17, 15) is 17.6 Å². The van der Waals surface area contributed by atoms with E-state index < -0.39 is 22.0 Å². The van der Waals surface area contributed by atoms with Crippen molar-refractivity contribution in [1.29, 1.82) is 0 Å². The molecule has 30 heavy (non-hydrogen) atoms. The van der Waals surface area contributed by atoms with Crippen LogP contribution in [-0.2, 0) is 10.0 Å². The van der Waals surface area contributed by atoms with E-state index in [1.807, 2.05) is 4.90 Å². The van der Waals surface area contributed by atoms with Crippen LogP contribution >= 0.6 is 11.6 Å². The minimum absolute atomic E-state index is 0.0165. The summed E-state index contributed by atoms with van der Waals surface area (Å²) in [7, 11) is -3.92. The Kier molecular flexibility index (Phi) is 5.55. The third-order valence-corrected chi connectivity index (χ3v) is 7.05. The topological polar surface area (TPSA) is 78.8 Å². The van der Waals surface area contributed by atoms with E-state index in [0.29, 0.717) is 30.1 Å². The quantitative estimate of drug-likeness (QED) is 0.750. The summed E-state index contributed by atoms with van der Waals surface area (Å²) in [5, 5.41) is 2.95. The summed E-state index contributed by atoms with van der Waals surface area (Å²) in [6.07, 6.45) is 3.40. The van der Waals surface area contributed by atoms with Gasteiger partial charge in [0.1, 0.15) is 16.5 Å². The number of hydrogen-bond acceptors (Lipinski definition) is 4. The van der Waals surface area contributed by atoms with Gasteiger partial charge in [-0.15, -0.1) is 4.40 Å². The van der Waals surface area contributed by atoms with Crippen LogP contribution in [0.4, 0.5) is 10.1 Å². The van der Waals surface area contributed by atoms with E-state index in [4.69, 9.17) is 11.6 Å². The first-order chi connectivity index (χ1) is 14.3. The second-order valence-electron chi connectivity index (χ2n) is 7.49. The molecule has 2 aromatic rings. The van der Waals surface area contributed by atoms with Crippen LogP contribution in [0, 0.1) is 5.82 Å². The van der Waals surface area contributed by atoms with Gasteiger partial charge in [-0.3, -0.25) is 4.79 Å². The van der Waals surface area contributed by atoms with Crippen LogP contribution in [0.25, 0.3) is 0 Å². The molecule has 158 valence electrons. The van der Waals surface area contributed by atoms with Crippen LogP contribution in [0.5, 0.6) is 0 Å². The molecular formula is C21H21ClFN3O3S. The molecule has 2 heterocycles. The summed E-state index contributed by atoms with van der Waals surface area (Å²) >= 11 is 6.40. The van der Waals surface area contributed by atoms with Crippen molar-refractivity contribution < 1.29 is 17.6 Å². The summed E-state index contributed by atoms with van der Waals surface area (Å²) in [4.78, 5) is 14.7. The van der Waals surface area contributed by atoms with E-state index in [0.717, 1.165) is 19.3 Å². The molecule has 1 N–H and O–H groups in total.